The quantitative estimate of drug-likeness (QED) is 0.779. The molecule has 5 heteroatoms. The average Bonchev–Trinajstić information content (AvgIpc) is 2.86. The van der Waals surface area contributed by atoms with Crippen molar-refractivity contribution >= 4 is 11.9 Å². The predicted molar refractivity (Wildman–Crippen MR) is 90.8 cm³/mol. The Kier molecular flexibility index (Phi) is 5.17. The van der Waals surface area contributed by atoms with Crippen LogP contribution >= 0.6 is 0 Å². The molecule has 1 aliphatic heterocycles. The zero-order valence-corrected chi connectivity index (χ0v) is 14.4. The number of ether oxygens (including phenoxy) is 1. The van der Waals surface area contributed by atoms with Gasteiger partial charge in [-0.25, -0.2) is 9.78 Å². The Balaban J connectivity index is 1.71. The maximum atomic E-state index is 12.8. The highest BCUT2D eigenvalue weighted by molar-refractivity contribution is 5.95. The fourth-order valence-electron chi connectivity index (χ4n) is 4.20. The Morgan fingerprint density at radius 3 is 2.42 bits per heavy atom. The summed E-state index contributed by atoms with van der Waals surface area (Å²) in [6.45, 7) is 1.68. The van der Waals surface area contributed by atoms with E-state index in [4.69, 9.17) is 0 Å². The molecule has 0 radical (unpaired) electrons. The number of carbonyl (C=O) groups excluding carboxylic acids is 2. The number of amides is 1. The average molecular weight is 330 g/mol. The van der Waals surface area contributed by atoms with E-state index in [9.17, 15) is 9.59 Å². The van der Waals surface area contributed by atoms with Gasteiger partial charge in [-0.1, -0.05) is 25.7 Å². The van der Waals surface area contributed by atoms with Crippen LogP contribution in [0.4, 0.5) is 0 Å². The number of rotatable bonds is 2. The molecule has 1 aliphatic carbocycles. The van der Waals surface area contributed by atoms with Gasteiger partial charge >= 0.3 is 5.97 Å². The van der Waals surface area contributed by atoms with Crippen LogP contribution in [0.1, 0.15) is 72.2 Å². The third kappa shape index (κ3) is 3.60. The van der Waals surface area contributed by atoms with Crippen molar-refractivity contribution in [3.8, 4) is 0 Å². The first kappa shape index (κ1) is 16.9. The predicted octanol–water partition coefficient (Wildman–Crippen LogP) is 3.44. The summed E-state index contributed by atoms with van der Waals surface area (Å²) in [7, 11) is 1.32. The third-order valence-electron chi connectivity index (χ3n) is 5.52. The Morgan fingerprint density at radius 1 is 1.08 bits per heavy atom. The van der Waals surface area contributed by atoms with Crippen molar-refractivity contribution in [2.45, 2.75) is 51.4 Å². The second-order valence-electron chi connectivity index (χ2n) is 7.17. The van der Waals surface area contributed by atoms with E-state index < -0.39 is 5.97 Å². The highest BCUT2D eigenvalue weighted by Gasteiger charge is 2.37. The summed E-state index contributed by atoms with van der Waals surface area (Å²) in [5.74, 6) is -0.452. The van der Waals surface area contributed by atoms with E-state index in [0.717, 1.165) is 19.5 Å². The molecule has 5 nitrogen and oxygen atoms in total. The van der Waals surface area contributed by atoms with E-state index in [1.54, 1.807) is 12.1 Å². The molecule has 1 spiro atoms. The van der Waals surface area contributed by atoms with E-state index in [2.05, 4.69) is 9.72 Å². The Hall–Kier alpha value is -1.91. The number of hydrogen-bond donors (Lipinski definition) is 0. The summed E-state index contributed by atoms with van der Waals surface area (Å²) < 4.78 is 4.64. The van der Waals surface area contributed by atoms with E-state index in [1.165, 1.54) is 58.3 Å². The third-order valence-corrected chi connectivity index (χ3v) is 5.52. The zero-order valence-electron chi connectivity index (χ0n) is 14.4. The van der Waals surface area contributed by atoms with Crippen molar-refractivity contribution in [3.63, 3.8) is 0 Å². The van der Waals surface area contributed by atoms with Gasteiger partial charge in [0.15, 0.2) is 0 Å². The number of piperidine rings is 1. The highest BCUT2D eigenvalue weighted by atomic mass is 16.5. The summed E-state index contributed by atoms with van der Waals surface area (Å²) in [4.78, 5) is 30.3. The molecule has 1 saturated carbocycles. The fourth-order valence-corrected chi connectivity index (χ4v) is 4.20. The molecule has 1 aromatic rings. The number of likely N-dealkylation sites (tertiary alicyclic amines) is 1. The van der Waals surface area contributed by atoms with E-state index in [-0.39, 0.29) is 11.6 Å². The molecule has 0 N–H and O–H groups in total. The number of esters is 1. The minimum absolute atomic E-state index is 0.0298. The van der Waals surface area contributed by atoms with Gasteiger partial charge < -0.3 is 9.64 Å². The van der Waals surface area contributed by atoms with Crippen molar-refractivity contribution in [1.82, 2.24) is 9.88 Å². The standard InChI is InChI=1S/C19H26N2O3/c1-24-18(23)16-8-7-15(13-20-16)17(22)21-12-6-11-19(14-21)9-4-2-3-5-10-19/h7-8,13H,2-6,9-12,14H2,1H3. The molecule has 2 heterocycles. The lowest BCUT2D eigenvalue weighted by molar-refractivity contribution is 0.0463. The molecular formula is C19H26N2O3. The van der Waals surface area contributed by atoms with Crippen molar-refractivity contribution in [2.24, 2.45) is 5.41 Å². The molecule has 2 fully saturated rings. The van der Waals surface area contributed by atoms with Crippen LogP contribution in [0, 0.1) is 5.41 Å². The van der Waals surface area contributed by atoms with Gasteiger partial charge in [-0.3, -0.25) is 4.79 Å². The van der Waals surface area contributed by atoms with Crippen LogP contribution in [0.2, 0.25) is 0 Å². The molecular weight excluding hydrogens is 304 g/mol. The topological polar surface area (TPSA) is 59.5 Å². The lowest BCUT2D eigenvalue weighted by atomic mass is 9.74. The summed E-state index contributed by atoms with van der Waals surface area (Å²) in [6, 6.07) is 3.24. The molecule has 24 heavy (non-hydrogen) atoms. The van der Waals surface area contributed by atoms with Gasteiger partial charge in [-0.15, -0.1) is 0 Å². The van der Waals surface area contributed by atoms with Crippen LogP contribution in [0.3, 0.4) is 0 Å². The van der Waals surface area contributed by atoms with E-state index >= 15 is 0 Å². The number of pyridine rings is 1. The Labute approximate surface area is 143 Å². The molecule has 0 bridgehead atoms. The zero-order chi connectivity index (χ0) is 17.0. The summed E-state index contributed by atoms with van der Waals surface area (Å²) in [5, 5.41) is 0. The normalized spacial score (nSPS) is 20.5. The first-order chi connectivity index (χ1) is 11.6. The smallest absolute Gasteiger partial charge is 0.356 e. The fraction of sp³-hybridized carbons (Fsp3) is 0.632. The molecule has 0 aromatic carbocycles. The molecule has 130 valence electrons. The maximum absolute atomic E-state index is 12.8. The second kappa shape index (κ2) is 7.32. The van der Waals surface area contributed by atoms with Crippen LogP contribution in [-0.4, -0.2) is 42.0 Å². The monoisotopic (exact) mass is 330 g/mol. The number of carbonyl (C=O) groups is 2. The van der Waals surface area contributed by atoms with Gasteiger partial charge in [0.2, 0.25) is 0 Å². The van der Waals surface area contributed by atoms with Crippen molar-refractivity contribution in [1.29, 1.82) is 0 Å². The highest BCUT2D eigenvalue weighted by Crippen LogP contribution is 2.42. The number of aromatic nitrogens is 1. The number of nitrogens with zero attached hydrogens (tertiary/aromatic N) is 2. The molecule has 3 rings (SSSR count). The van der Waals surface area contributed by atoms with Crippen LogP contribution in [0.15, 0.2) is 18.3 Å². The molecule has 1 saturated heterocycles. The van der Waals surface area contributed by atoms with Crippen LogP contribution < -0.4 is 0 Å². The second-order valence-corrected chi connectivity index (χ2v) is 7.17. The van der Waals surface area contributed by atoms with Crippen LogP contribution in [0.5, 0.6) is 0 Å². The van der Waals surface area contributed by atoms with Crippen LogP contribution in [-0.2, 0) is 4.74 Å². The first-order valence-electron chi connectivity index (χ1n) is 8.97. The first-order valence-corrected chi connectivity index (χ1v) is 8.97. The van der Waals surface area contributed by atoms with E-state index in [1.807, 2.05) is 4.90 Å². The number of methoxy groups -OCH3 is 1. The van der Waals surface area contributed by atoms with Crippen molar-refractivity contribution in [2.75, 3.05) is 20.2 Å². The summed E-state index contributed by atoms with van der Waals surface area (Å²) in [6.07, 6.45) is 11.5. The molecule has 0 atom stereocenters. The van der Waals surface area contributed by atoms with Gasteiger partial charge in [0.25, 0.3) is 5.91 Å². The van der Waals surface area contributed by atoms with Gasteiger partial charge in [-0.2, -0.15) is 0 Å². The number of hydrogen-bond acceptors (Lipinski definition) is 4. The maximum Gasteiger partial charge on any atom is 0.356 e. The summed E-state index contributed by atoms with van der Waals surface area (Å²) in [5.41, 5.74) is 1.10. The van der Waals surface area contributed by atoms with E-state index in [0.29, 0.717) is 11.0 Å². The molecule has 2 aliphatic rings. The summed E-state index contributed by atoms with van der Waals surface area (Å²) >= 11 is 0. The van der Waals surface area contributed by atoms with Crippen molar-refractivity contribution < 1.29 is 14.3 Å². The van der Waals surface area contributed by atoms with Gasteiger partial charge in [0, 0.05) is 19.3 Å². The van der Waals surface area contributed by atoms with Gasteiger partial charge in [0.1, 0.15) is 5.69 Å². The Morgan fingerprint density at radius 2 is 1.79 bits per heavy atom. The molecule has 1 aromatic heterocycles. The van der Waals surface area contributed by atoms with Crippen LogP contribution in [0.25, 0.3) is 0 Å². The SMILES string of the molecule is COC(=O)c1ccc(C(=O)N2CCCC3(CCCCCC3)C2)cn1. The Bertz CT molecular complexity index is 589. The lowest BCUT2D eigenvalue weighted by Crippen LogP contribution is -2.46. The van der Waals surface area contributed by atoms with Crippen molar-refractivity contribution in [3.05, 3.63) is 29.6 Å². The van der Waals surface area contributed by atoms with Gasteiger partial charge in [-0.05, 0) is 43.2 Å². The largest absolute Gasteiger partial charge is 0.464 e. The molecule has 1 amide bonds. The lowest BCUT2D eigenvalue weighted by Gasteiger charge is -2.42. The molecule has 0 unspecified atom stereocenters. The minimum Gasteiger partial charge on any atom is -0.464 e. The minimum atomic E-state index is -0.482. The van der Waals surface area contributed by atoms with Gasteiger partial charge in [0.05, 0.1) is 12.7 Å².